The number of carboxylic acid groups (broad SMARTS) is 1. The molecule has 1 aliphatic carbocycles. The van der Waals surface area contributed by atoms with Crippen LogP contribution in [0.1, 0.15) is 48.7 Å². The van der Waals surface area contributed by atoms with E-state index in [2.05, 4.69) is 5.32 Å². The Morgan fingerprint density at radius 3 is 2.52 bits per heavy atom. The van der Waals surface area contributed by atoms with Crippen molar-refractivity contribution in [2.24, 2.45) is 5.41 Å². The van der Waals surface area contributed by atoms with E-state index in [0.29, 0.717) is 12.2 Å². The fourth-order valence-electron chi connectivity index (χ4n) is 3.28. The molecular weight excluding hydrogens is 294 g/mol. The van der Waals surface area contributed by atoms with Gasteiger partial charge in [-0.3, -0.25) is 4.79 Å². The third-order valence-corrected chi connectivity index (χ3v) is 5.09. The minimum Gasteiger partial charge on any atom is -0.479 e. The molecule has 1 fully saturated rings. The Morgan fingerprint density at radius 1 is 1.35 bits per heavy atom. The van der Waals surface area contributed by atoms with E-state index in [1.807, 2.05) is 46.8 Å². The fraction of sp³-hybridized carbons (Fsp3) is 0.556. The number of ether oxygens (including phenoxy) is 1. The van der Waals surface area contributed by atoms with Crippen molar-refractivity contribution >= 4 is 11.9 Å². The third kappa shape index (κ3) is 2.74. The second-order valence-corrected chi connectivity index (χ2v) is 6.85. The molecule has 23 heavy (non-hydrogen) atoms. The van der Waals surface area contributed by atoms with Crippen LogP contribution in [0.3, 0.4) is 0 Å². The first-order valence-corrected chi connectivity index (χ1v) is 7.90. The normalized spacial score (nSPS) is 25.5. The highest BCUT2D eigenvalue weighted by atomic mass is 16.5. The molecule has 0 saturated heterocycles. The topological polar surface area (TPSA) is 75.6 Å². The van der Waals surface area contributed by atoms with E-state index in [9.17, 15) is 14.7 Å². The van der Waals surface area contributed by atoms with Crippen LogP contribution in [-0.4, -0.2) is 35.2 Å². The van der Waals surface area contributed by atoms with Crippen molar-refractivity contribution in [3.05, 3.63) is 34.9 Å². The average Bonchev–Trinajstić information content (AvgIpc) is 2.47. The molecule has 0 aromatic heterocycles. The number of amides is 1. The molecule has 0 heterocycles. The van der Waals surface area contributed by atoms with E-state index in [4.69, 9.17) is 4.74 Å². The number of aliphatic carboxylic acids is 1. The summed E-state index contributed by atoms with van der Waals surface area (Å²) >= 11 is 0. The lowest BCUT2D eigenvalue weighted by Gasteiger charge is -2.58. The zero-order valence-corrected chi connectivity index (χ0v) is 14.4. The van der Waals surface area contributed by atoms with Crippen molar-refractivity contribution in [3.8, 4) is 0 Å². The molecule has 5 nitrogen and oxygen atoms in total. The van der Waals surface area contributed by atoms with Crippen molar-refractivity contribution in [3.63, 3.8) is 0 Å². The van der Waals surface area contributed by atoms with Crippen LogP contribution in [-0.2, 0) is 9.53 Å². The number of carbonyl (C=O) groups excluding carboxylic acids is 1. The summed E-state index contributed by atoms with van der Waals surface area (Å²) in [6.45, 7) is 9.81. The summed E-state index contributed by atoms with van der Waals surface area (Å²) < 4.78 is 5.61. The van der Waals surface area contributed by atoms with Crippen molar-refractivity contribution in [1.82, 2.24) is 5.32 Å². The van der Waals surface area contributed by atoms with Crippen LogP contribution in [0, 0.1) is 19.3 Å². The summed E-state index contributed by atoms with van der Waals surface area (Å²) in [5.41, 5.74) is 0.320. The Morgan fingerprint density at radius 2 is 2.00 bits per heavy atom. The van der Waals surface area contributed by atoms with Crippen LogP contribution >= 0.6 is 0 Å². The predicted molar refractivity (Wildman–Crippen MR) is 87.6 cm³/mol. The Bertz CT molecular complexity index is 638. The number of rotatable bonds is 5. The van der Waals surface area contributed by atoms with E-state index in [1.54, 1.807) is 6.07 Å². The number of hydrogen-bond donors (Lipinski definition) is 2. The van der Waals surface area contributed by atoms with E-state index in [0.717, 1.165) is 11.1 Å². The van der Waals surface area contributed by atoms with E-state index in [1.165, 1.54) is 0 Å². The van der Waals surface area contributed by atoms with Gasteiger partial charge >= 0.3 is 5.97 Å². The molecule has 2 atom stereocenters. The standard InChI is InChI=1S/C18H25NO4/c1-6-23-14-10-18(16(21)22,17(14,4)5)19-15(20)13-9-11(2)7-8-12(13)3/h7-9,14H,6,10H2,1-5H3,(H,19,20)(H,21,22). The molecule has 2 unspecified atom stereocenters. The number of nitrogens with one attached hydrogen (secondary N) is 1. The van der Waals surface area contributed by atoms with Crippen LogP contribution in [0.2, 0.25) is 0 Å². The maximum atomic E-state index is 12.7. The highest BCUT2D eigenvalue weighted by Crippen LogP contribution is 2.51. The van der Waals surface area contributed by atoms with Gasteiger partial charge in [-0.2, -0.15) is 0 Å². The van der Waals surface area contributed by atoms with Crippen LogP contribution in [0.25, 0.3) is 0 Å². The zero-order valence-electron chi connectivity index (χ0n) is 14.4. The number of carboxylic acids is 1. The minimum atomic E-state index is -1.31. The van der Waals surface area contributed by atoms with Gasteiger partial charge in [-0.25, -0.2) is 4.79 Å². The molecule has 0 bridgehead atoms. The van der Waals surface area contributed by atoms with Gasteiger partial charge in [0.25, 0.3) is 5.91 Å². The summed E-state index contributed by atoms with van der Waals surface area (Å²) in [6.07, 6.45) is 0.0993. The third-order valence-electron chi connectivity index (χ3n) is 5.09. The molecule has 2 N–H and O–H groups in total. The fourth-order valence-corrected chi connectivity index (χ4v) is 3.28. The summed E-state index contributed by atoms with van der Waals surface area (Å²) in [4.78, 5) is 24.6. The van der Waals surface area contributed by atoms with Gasteiger partial charge in [0.05, 0.1) is 6.10 Å². The Labute approximate surface area is 137 Å². The number of hydrogen-bond acceptors (Lipinski definition) is 3. The molecule has 5 heteroatoms. The van der Waals surface area contributed by atoms with Crippen LogP contribution in [0.5, 0.6) is 0 Å². The number of aryl methyl sites for hydroxylation is 2. The smallest absolute Gasteiger partial charge is 0.330 e. The first kappa shape index (κ1) is 17.5. The second-order valence-electron chi connectivity index (χ2n) is 6.85. The van der Waals surface area contributed by atoms with Gasteiger partial charge in [0.15, 0.2) is 0 Å². The van der Waals surface area contributed by atoms with Gasteiger partial charge in [0.1, 0.15) is 5.54 Å². The maximum Gasteiger partial charge on any atom is 0.330 e. The largest absolute Gasteiger partial charge is 0.479 e. The van der Waals surface area contributed by atoms with Crippen LogP contribution in [0.15, 0.2) is 18.2 Å². The minimum absolute atomic E-state index is 0.178. The summed E-state index contributed by atoms with van der Waals surface area (Å²) in [7, 11) is 0. The van der Waals surface area contributed by atoms with Gasteiger partial charge in [0.2, 0.25) is 0 Å². The van der Waals surface area contributed by atoms with Gasteiger partial charge in [-0.05, 0) is 32.4 Å². The van der Waals surface area contributed by atoms with E-state index >= 15 is 0 Å². The van der Waals surface area contributed by atoms with Gasteiger partial charge in [0, 0.05) is 24.0 Å². The molecule has 1 aromatic carbocycles. The van der Waals surface area contributed by atoms with Crippen molar-refractivity contribution in [2.45, 2.75) is 52.7 Å². The molecule has 0 radical (unpaired) electrons. The highest BCUT2D eigenvalue weighted by molar-refractivity contribution is 6.00. The summed E-state index contributed by atoms with van der Waals surface area (Å²) in [5, 5.41) is 12.5. The second kappa shape index (κ2) is 5.96. The quantitative estimate of drug-likeness (QED) is 0.875. The molecular formula is C18H25NO4. The van der Waals surface area contributed by atoms with Crippen LogP contribution < -0.4 is 5.32 Å². The molecule has 1 aromatic rings. The molecule has 1 aliphatic rings. The molecule has 126 valence electrons. The van der Waals surface area contributed by atoms with E-state index < -0.39 is 16.9 Å². The number of carbonyl (C=O) groups is 2. The lowest BCUT2D eigenvalue weighted by Crippen LogP contribution is -2.76. The summed E-state index contributed by atoms with van der Waals surface area (Å²) in [5.74, 6) is -1.37. The van der Waals surface area contributed by atoms with Gasteiger partial charge in [-0.1, -0.05) is 31.5 Å². The molecule has 0 aliphatic heterocycles. The van der Waals surface area contributed by atoms with Gasteiger partial charge < -0.3 is 15.2 Å². The predicted octanol–water partition coefficient (Wildman–Crippen LogP) is 2.69. The van der Waals surface area contributed by atoms with Crippen molar-refractivity contribution in [1.29, 1.82) is 0 Å². The monoisotopic (exact) mass is 319 g/mol. The van der Waals surface area contributed by atoms with Crippen LogP contribution in [0.4, 0.5) is 0 Å². The van der Waals surface area contributed by atoms with E-state index in [-0.39, 0.29) is 18.4 Å². The Balaban J connectivity index is 2.30. The lowest BCUT2D eigenvalue weighted by atomic mass is 9.54. The SMILES string of the molecule is CCOC1CC(NC(=O)c2cc(C)ccc2C)(C(=O)O)C1(C)C. The Hall–Kier alpha value is -1.88. The average molecular weight is 319 g/mol. The number of benzene rings is 1. The Kier molecular flexibility index (Phi) is 4.53. The zero-order chi connectivity index (χ0) is 17.4. The highest BCUT2D eigenvalue weighted by Gasteiger charge is 2.66. The summed E-state index contributed by atoms with van der Waals surface area (Å²) in [6, 6.07) is 5.58. The maximum absolute atomic E-state index is 12.7. The molecule has 1 saturated carbocycles. The lowest BCUT2D eigenvalue weighted by molar-refractivity contribution is -0.190. The van der Waals surface area contributed by atoms with Crippen molar-refractivity contribution < 1.29 is 19.4 Å². The first-order chi connectivity index (χ1) is 10.7. The van der Waals surface area contributed by atoms with Gasteiger partial charge in [-0.15, -0.1) is 0 Å². The first-order valence-electron chi connectivity index (χ1n) is 7.90. The molecule has 0 spiro atoms. The molecule has 1 amide bonds. The van der Waals surface area contributed by atoms with Crippen molar-refractivity contribution in [2.75, 3.05) is 6.61 Å². The molecule has 2 rings (SSSR count).